The van der Waals surface area contributed by atoms with E-state index >= 15 is 4.39 Å². The number of carbonyl (C=O) groups excluding carboxylic acids is 2. The van der Waals surface area contributed by atoms with Crippen molar-refractivity contribution in [2.24, 2.45) is 0 Å². The standard InChI is InChI=1S/C43H37ClF2N4O2/c1-5-38(51)49-25(2)20-33-31-10-6-8-12-36(31)47-40(33)43(49,4)28-16-19-35(46)26(21-28)22-30-23-34-32-11-7-9-13-37(32)48-41(34)42(3,50(30)39(52)24-44)27-14-17-29(45)18-15-27/h1,6-19,21,25,30,47-48H,20,22-24H2,2-4H3/t25-,30-,42-,43-/m0/s1. The van der Waals surface area contributed by atoms with E-state index in [2.05, 4.69) is 22.0 Å². The smallest absolute Gasteiger partial charge is 0.299 e. The zero-order valence-electron chi connectivity index (χ0n) is 29.1. The highest BCUT2D eigenvalue weighted by molar-refractivity contribution is 6.27. The number of benzene rings is 4. The summed E-state index contributed by atoms with van der Waals surface area (Å²) < 4.78 is 30.5. The van der Waals surface area contributed by atoms with Gasteiger partial charge < -0.3 is 19.8 Å². The zero-order chi connectivity index (χ0) is 36.5. The number of hydrogen-bond acceptors (Lipinski definition) is 2. The third-order valence-corrected chi connectivity index (χ3v) is 11.7. The highest BCUT2D eigenvalue weighted by Crippen LogP contribution is 2.48. The van der Waals surface area contributed by atoms with Crippen LogP contribution >= 0.6 is 11.6 Å². The predicted octanol–water partition coefficient (Wildman–Crippen LogP) is 8.10. The van der Waals surface area contributed by atoms with Crippen molar-refractivity contribution in [2.45, 2.75) is 63.2 Å². The molecule has 0 aliphatic carbocycles. The summed E-state index contributed by atoms with van der Waals surface area (Å²) in [4.78, 5) is 38.2. The van der Waals surface area contributed by atoms with Gasteiger partial charge in [0, 0.05) is 45.3 Å². The van der Waals surface area contributed by atoms with Crippen molar-refractivity contribution in [1.29, 1.82) is 0 Å². The van der Waals surface area contributed by atoms with Crippen LogP contribution in [0.25, 0.3) is 21.8 Å². The number of rotatable bonds is 5. The lowest BCUT2D eigenvalue weighted by atomic mass is 9.75. The van der Waals surface area contributed by atoms with Gasteiger partial charge in [-0.1, -0.05) is 60.7 Å². The van der Waals surface area contributed by atoms with Crippen LogP contribution in [0.1, 0.15) is 60.0 Å². The number of aromatic amines is 2. The number of terminal acetylenes is 1. The molecule has 0 saturated carbocycles. The second-order valence-electron chi connectivity index (χ2n) is 14.3. The Morgan fingerprint density at radius 2 is 1.38 bits per heavy atom. The monoisotopic (exact) mass is 714 g/mol. The van der Waals surface area contributed by atoms with E-state index < -0.39 is 34.7 Å². The van der Waals surface area contributed by atoms with Crippen LogP contribution in [0.2, 0.25) is 0 Å². The maximum Gasteiger partial charge on any atom is 0.299 e. The molecular formula is C43H37ClF2N4O2. The number of fused-ring (bicyclic) bond motifs is 6. The summed E-state index contributed by atoms with van der Waals surface area (Å²) in [5, 5.41) is 2.07. The summed E-state index contributed by atoms with van der Waals surface area (Å²) >= 11 is 6.34. The summed E-state index contributed by atoms with van der Waals surface area (Å²) in [7, 11) is 0. The van der Waals surface area contributed by atoms with Crippen LogP contribution in [-0.4, -0.2) is 49.5 Å². The lowest BCUT2D eigenvalue weighted by Crippen LogP contribution is -2.58. The molecule has 4 atom stereocenters. The van der Waals surface area contributed by atoms with Crippen molar-refractivity contribution in [3.63, 3.8) is 0 Å². The fourth-order valence-corrected chi connectivity index (χ4v) is 9.33. The third kappa shape index (κ3) is 4.90. The van der Waals surface area contributed by atoms with Gasteiger partial charge in [0.15, 0.2) is 0 Å². The van der Waals surface area contributed by atoms with Crippen LogP contribution in [0.4, 0.5) is 8.78 Å². The average Bonchev–Trinajstić information content (AvgIpc) is 3.72. The van der Waals surface area contributed by atoms with Crippen molar-refractivity contribution >= 4 is 45.2 Å². The summed E-state index contributed by atoms with van der Waals surface area (Å²) in [6.07, 6.45) is 6.93. The van der Waals surface area contributed by atoms with Gasteiger partial charge in [-0.3, -0.25) is 9.59 Å². The van der Waals surface area contributed by atoms with E-state index in [4.69, 9.17) is 18.0 Å². The van der Waals surface area contributed by atoms with E-state index in [1.54, 1.807) is 28.0 Å². The summed E-state index contributed by atoms with van der Waals surface area (Å²) in [6, 6.07) is 26.2. The number of nitrogens with one attached hydrogen (secondary N) is 2. The molecule has 2 aromatic heterocycles. The van der Waals surface area contributed by atoms with Gasteiger partial charge in [-0.2, -0.15) is 0 Å². The van der Waals surface area contributed by atoms with Crippen molar-refractivity contribution < 1.29 is 18.4 Å². The molecule has 0 bridgehead atoms. The minimum atomic E-state index is -1.09. The molecule has 52 heavy (non-hydrogen) atoms. The predicted molar refractivity (Wildman–Crippen MR) is 200 cm³/mol. The van der Waals surface area contributed by atoms with Gasteiger partial charge >= 0.3 is 0 Å². The topological polar surface area (TPSA) is 72.2 Å². The molecule has 0 spiro atoms. The summed E-state index contributed by atoms with van der Waals surface area (Å²) in [6.45, 7) is 5.87. The first kappa shape index (κ1) is 33.7. The molecule has 2 amide bonds. The number of halogens is 3. The van der Waals surface area contributed by atoms with E-state index in [-0.39, 0.29) is 24.2 Å². The summed E-state index contributed by atoms with van der Waals surface area (Å²) in [5.74, 6) is 0.414. The fourth-order valence-electron chi connectivity index (χ4n) is 9.20. The molecule has 262 valence electrons. The molecule has 2 N–H and O–H groups in total. The lowest BCUT2D eigenvalue weighted by molar-refractivity contribution is -0.137. The number of carbonyl (C=O) groups is 2. The fraction of sp³-hybridized carbons (Fsp3) is 0.256. The van der Waals surface area contributed by atoms with Crippen LogP contribution in [-0.2, 0) is 39.9 Å². The quantitative estimate of drug-likeness (QED) is 0.140. The minimum absolute atomic E-state index is 0.145. The first-order chi connectivity index (χ1) is 25.0. The molecule has 4 heterocycles. The summed E-state index contributed by atoms with van der Waals surface area (Å²) in [5.41, 5.74) is 5.17. The largest absolute Gasteiger partial charge is 0.356 e. The van der Waals surface area contributed by atoms with Crippen LogP contribution in [0.15, 0.2) is 91.0 Å². The molecule has 9 heteroatoms. The number of alkyl halides is 1. The first-order valence-electron chi connectivity index (χ1n) is 17.4. The maximum atomic E-state index is 16.2. The molecule has 0 fully saturated rings. The van der Waals surface area contributed by atoms with Gasteiger partial charge in [-0.15, -0.1) is 18.0 Å². The molecule has 0 unspecified atom stereocenters. The van der Waals surface area contributed by atoms with Crippen LogP contribution < -0.4 is 0 Å². The van der Waals surface area contributed by atoms with Gasteiger partial charge in [0.05, 0.1) is 0 Å². The molecule has 0 saturated heterocycles. The Morgan fingerprint density at radius 3 is 1.98 bits per heavy atom. The van der Waals surface area contributed by atoms with Crippen LogP contribution in [0, 0.1) is 24.0 Å². The average molecular weight is 715 g/mol. The molecule has 0 radical (unpaired) electrons. The maximum absolute atomic E-state index is 16.2. The van der Waals surface area contributed by atoms with Gasteiger partial charge in [-0.25, -0.2) is 8.78 Å². The number of hydrogen-bond donors (Lipinski definition) is 2. The Balaban J connectivity index is 1.30. The molecule has 2 aliphatic rings. The van der Waals surface area contributed by atoms with E-state index in [1.807, 2.05) is 69.3 Å². The second-order valence-corrected chi connectivity index (χ2v) is 14.6. The number of nitrogens with zero attached hydrogens (tertiary/aromatic N) is 2. The molecule has 4 aromatic carbocycles. The van der Waals surface area contributed by atoms with Gasteiger partial charge in [-0.05, 0) is 104 Å². The molecule has 6 aromatic rings. The van der Waals surface area contributed by atoms with Crippen LogP contribution in [0.5, 0.6) is 0 Å². The Kier molecular flexibility index (Phi) is 8.03. The first-order valence-corrected chi connectivity index (χ1v) is 18.0. The minimum Gasteiger partial charge on any atom is -0.356 e. The highest BCUT2D eigenvalue weighted by atomic mass is 35.5. The Morgan fingerprint density at radius 1 is 0.827 bits per heavy atom. The van der Waals surface area contributed by atoms with Crippen molar-refractivity contribution in [2.75, 3.05) is 5.88 Å². The van der Waals surface area contributed by atoms with Crippen molar-refractivity contribution in [3.8, 4) is 12.3 Å². The van der Waals surface area contributed by atoms with Gasteiger partial charge in [0.25, 0.3) is 5.91 Å². The molecule has 8 rings (SSSR count). The van der Waals surface area contributed by atoms with E-state index in [1.165, 1.54) is 18.2 Å². The van der Waals surface area contributed by atoms with Crippen molar-refractivity contribution in [1.82, 2.24) is 19.8 Å². The lowest BCUT2D eigenvalue weighted by Gasteiger charge is -2.50. The molecule has 2 aliphatic heterocycles. The van der Waals surface area contributed by atoms with Crippen LogP contribution in [0.3, 0.4) is 0 Å². The van der Waals surface area contributed by atoms with Crippen molar-refractivity contribution in [3.05, 3.63) is 142 Å². The normalized spacial score (nSPS) is 22.6. The second kappa shape index (κ2) is 12.4. The molecular weight excluding hydrogens is 678 g/mol. The number of aromatic nitrogens is 2. The SMILES string of the molecule is C#CC(=O)N1[C@@H](C)Cc2c([nH]c3ccccc23)[C@]1(C)c1ccc(F)c(C[C@H]2Cc3c([nH]c4ccccc34)[C@](C)(c3ccc(F)cc3)N2C(=O)CCl)c1. The third-order valence-electron chi connectivity index (χ3n) is 11.5. The highest BCUT2D eigenvalue weighted by Gasteiger charge is 2.50. The Labute approximate surface area is 305 Å². The number of amides is 2. The number of H-pyrrole nitrogens is 2. The van der Waals surface area contributed by atoms with E-state index in [0.717, 1.165) is 44.3 Å². The van der Waals surface area contributed by atoms with Gasteiger partial charge in [0.2, 0.25) is 5.91 Å². The Bertz CT molecular complexity index is 2450. The van der Waals surface area contributed by atoms with Gasteiger partial charge in [0.1, 0.15) is 28.6 Å². The van der Waals surface area contributed by atoms with E-state index in [0.29, 0.717) is 29.5 Å². The molecule has 6 nitrogen and oxygen atoms in total. The number of para-hydroxylation sites is 2. The zero-order valence-corrected chi connectivity index (χ0v) is 29.8. The Hall–Kier alpha value is -5.39. The van der Waals surface area contributed by atoms with E-state index in [9.17, 15) is 14.0 Å².